The highest BCUT2D eigenvalue weighted by molar-refractivity contribution is 7.14. The van der Waals surface area contributed by atoms with Crippen LogP contribution in [0.25, 0.3) is 54.0 Å². The van der Waals surface area contributed by atoms with Gasteiger partial charge in [-0.05, 0) is 84.0 Å². The van der Waals surface area contributed by atoms with E-state index in [-0.39, 0.29) is 0 Å². The molecule has 0 aliphatic rings. The van der Waals surface area contributed by atoms with Gasteiger partial charge >= 0.3 is 0 Å². The SMILES string of the molecule is CCCCCCCCCCCCc1ccsc1-c1cc2ccc3c(ccc4cc(-c5sccc5CCCCCCCCCCCC)oc43)c2o1. The summed E-state index contributed by atoms with van der Waals surface area (Å²) in [4.78, 5) is 2.58. The molecule has 2 aromatic carbocycles. The summed E-state index contributed by atoms with van der Waals surface area (Å²) in [6.07, 6.45) is 29.7. The van der Waals surface area contributed by atoms with Crippen LogP contribution in [0.2, 0.25) is 0 Å². The number of hydrogen-bond acceptors (Lipinski definition) is 4. The Morgan fingerprint density at radius 1 is 0.420 bits per heavy atom. The average Bonchev–Trinajstić information content (AvgIpc) is 3.95. The van der Waals surface area contributed by atoms with Crippen LogP contribution in [0.5, 0.6) is 0 Å². The van der Waals surface area contributed by atoms with Gasteiger partial charge in [-0.15, -0.1) is 22.7 Å². The largest absolute Gasteiger partial charge is 0.455 e. The molecule has 268 valence electrons. The van der Waals surface area contributed by atoms with Gasteiger partial charge in [0.1, 0.15) is 22.7 Å². The highest BCUT2D eigenvalue weighted by atomic mass is 32.1. The second kappa shape index (κ2) is 19.7. The maximum atomic E-state index is 6.69. The third-order valence-corrected chi connectivity index (χ3v) is 12.6. The van der Waals surface area contributed by atoms with Gasteiger partial charge in [0.05, 0.1) is 9.75 Å². The minimum atomic E-state index is 0.966. The molecule has 0 N–H and O–H groups in total. The zero-order valence-electron chi connectivity index (χ0n) is 31.0. The van der Waals surface area contributed by atoms with E-state index in [1.54, 1.807) is 0 Å². The van der Waals surface area contributed by atoms with Gasteiger partial charge in [0.25, 0.3) is 0 Å². The summed E-state index contributed by atoms with van der Waals surface area (Å²) in [5.74, 6) is 2.00. The summed E-state index contributed by atoms with van der Waals surface area (Å²) in [7, 11) is 0. The molecule has 0 aliphatic carbocycles. The quantitative estimate of drug-likeness (QED) is 0.0585. The molecule has 0 unspecified atom stereocenters. The summed E-state index contributed by atoms with van der Waals surface area (Å²) in [6.45, 7) is 4.59. The van der Waals surface area contributed by atoms with Crippen molar-refractivity contribution in [3.63, 3.8) is 0 Å². The lowest BCUT2D eigenvalue weighted by Gasteiger charge is -2.04. The van der Waals surface area contributed by atoms with Gasteiger partial charge in [-0.2, -0.15) is 0 Å². The van der Waals surface area contributed by atoms with Crippen LogP contribution < -0.4 is 0 Å². The van der Waals surface area contributed by atoms with Gasteiger partial charge in [0.15, 0.2) is 0 Å². The van der Waals surface area contributed by atoms with E-state index in [1.165, 1.54) is 149 Å². The van der Waals surface area contributed by atoms with Gasteiger partial charge < -0.3 is 8.83 Å². The van der Waals surface area contributed by atoms with Crippen LogP contribution in [-0.4, -0.2) is 0 Å². The van der Waals surface area contributed by atoms with Gasteiger partial charge in [0, 0.05) is 21.5 Å². The number of thiophene rings is 2. The normalized spacial score (nSPS) is 12.0. The lowest BCUT2D eigenvalue weighted by molar-refractivity contribution is 0.556. The highest BCUT2D eigenvalue weighted by Gasteiger charge is 2.18. The molecule has 0 spiro atoms. The van der Waals surface area contributed by atoms with Gasteiger partial charge in [-0.1, -0.05) is 142 Å². The van der Waals surface area contributed by atoms with Gasteiger partial charge in [-0.3, -0.25) is 0 Å². The fraction of sp³-hybridized carbons (Fsp3) is 0.522. The van der Waals surface area contributed by atoms with Crippen molar-refractivity contribution in [3.8, 4) is 21.3 Å². The summed E-state index contributed by atoms with van der Waals surface area (Å²) < 4.78 is 13.4. The molecule has 2 nitrogen and oxygen atoms in total. The molecule has 0 bridgehead atoms. The van der Waals surface area contributed by atoms with Crippen molar-refractivity contribution in [2.24, 2.45) is 0 Å². The van der Waals surface area contributed by atoms with E-state index >= 15 is 0 Å². The molecule has 0 radical (unpaired) electrons. The predicted molar refractivity (Wildman–Crippen MR) is 221 cm³/mol. The first-order valence-electron chi connectivity index (χ1n) is 20.3. The molecule has 4 heterocycles. The molecule has 0 saturated carbocycles. The maximum Gasteiger partial charge on any atom is 0.145 e. The minimum absolute atomic E-state index is 0.966. The Labute approximate surface area is 309 Å². The molecule has 6 rings (SSSR count). The Bertz CT molecular complexity index is 1730. The van der Waals surface area contributed by atoms with Crippen LogP contribution in [0.3, 0.4) is 0 Å². The average molecular weight is 709 g/mol. The van der Waals surface area contributed by atoms with Crippen LogP contribution in [0.1, 0.15) is 153 Å². The second-order valence-corrected chi connectivity index (χ2v) is 16.5. The van der Waals surface area contributed by atoms with Crippen molar-refractivity contribution in [1.82, 2.24) is 0 Å². The zero-order chi connectivity index (χ0) is 34.4. The standard InChI is InChI=1S/C46H60O2S2/c1-3-5-7-9-11-13-15-17-19-21-23-35-29-31-49-45(35)41-33-37-25-27-40-39(43(37)47-41)28-26-38-34-42(48-44(38)40)46-36(30-32-50-46)24-22-20-18-16-14-12-10-8-6-4-2/h25-34H,3-24H2,1-2H3. The number of benzene rings is 2. The maximum absolute atomic E-state index is 6.69. The summed E-state index contributed by atoms with van der Waals surface area (Å²) in [5, 5.41) is 9.05. The van der Waals surface area contributed by atoms with Crippen molar-refractivity contribution in [1.29, 1.82) is 0 Å². The first-order valence-corrected chi connectivity index (χ1v) is 22.0. The number of rotatable bonds is 24. The number of aryl methyl sites for hydroxylation is 2. The van der Waals surface area contributed by atoms with Gasteiger partial charge in [0.2, 0.25) is 0 Å². The van der Waals surface area contributed by atoms with E-state index in [0.717, 1.165) is 57.1 Å². The van der Waals surface area contributed by atoms with E-state index in [9.17, 15) is 0 Å². The summed E-state index contributed by atoms with van der Waals surface area (Å²) in [5.41, 5.74) is 4.79. The fourth-order valence-corrected chi connectivity index (χ4v) is 9.54. The zero-order valence-corrected chi connectivity index (χ0v) is 32.6. The molecule has 50 heavy (non-hydrogen) atoms. The van der Waals surface area contributed by atoms with Crippen molar-refractivity contribution in [2.75, 3.05) is 0 Å². The van der Waals surface area contributed by atoms with E-state index in [1.807, 2.05) is 22.7 Å². The molecule has 6 aromatic rings. The van der Waals surface area contributed by atoms with Crippen LogP contribution in [0.4, 0.5) is 0 Å². The first-order chi connectivity index (χ1) is 24.8. The predicted octanol–water partition coefficient (Wildman–Crippen LogP) is 16.7. The topological polar surface area (TPSA) is 26.3 Å². The van der Waals surface area contributed by atoms with E-state index in [2.05, 4.69) is 73.1 Å². The molecule has 4 aromatic heterocycles. The highest BCUT2D eigenvalue weighted by Crippen LogP contribution is 2.41. The Morgan fingerprint density at radius 2 is 0.780 bits per heavy atom. The van der Waals surface area contributed by atoms with Crippen molar-refractivity contribution in [3.05, 3.63) is 70.4 Å². The van der Waals surface area contributed by atoms with Gasteiger partial charge in [-0.25, -0.2) is 0 Å². The molecule has 0 amide bonds. The first kappa shape index (κ1) is 37.0. The van der Waals surface area contributed by atoms with Crippen molar-refractivity contribution in [2.45, 2.75) is 155 Å². The third kappa shape index (κ3) is 9.73. The molecule has 4 heteroatoms. The summed E-state index contributed by atoms with van der Waals surface area (Å²) >= 11 is 3.62. The smallest absolute Gasteiger partial charge is 0.145 e. The molecular weight excluding hydrogens is 649 g/mol. The van der Waals surface area contributed by atoms with E-state index < -0.39 is 0 Å². The minimum Gasteiger partial charge on any atom is -0.455 e. The summed E-state index contributed by atoms with van der Waals surface area (Å²) in [6, 6.07) is 18.0. The number of hydrogen-bond donors (Lipinski definition) is 0. The van der Waals surface area contributed by atoms with E-state index in [4.69, 9.17) is 8.83 Å². The van der Waals surface area contributed by atoms with Crippen LogP contribution in [0, 0.1) is 0 Å². The van der Waals surface area contributed by atoms with E-state index in [0.29, 0.717) is 0 Å². The molecule has 0 fully saturated rings. The molecular formula is C46H60O2S2. The second-order valence-electron chi connectivity index (χ2n) is 14.7. The Balaban J connectivity index is 1.06. The Morgan fingerprint density at radius 3 is 1.16 bits per heavy atom. The number of furan rings is 2. The molecule has 0 aliphatic heterocycles. The van der Waals surface area contributed by atoms with Crippen LogP contribution in [-0.2, 0) is 12.8 Å². The van der Waals surface area contributed by atoms with Crippen molar-refractivity contribution >= 4 is 55.4 Å². The number of unbranched alkanes of at least 4 members (excludes halogenated alkanes) is 18. The number of fused-ring (bicyclic) bond motifs is 5. The van der Waals surface area contributed by atoms with Crippen molar-refractivity contribution < 1.29 is 8.83 Å². The molecule has 0 saturated heterocycles. The third-order valence-electron chi connectivity index (χ3n) is 10.7. The van der Waals surface area contributed by atoms with Crippen LogP contribution >= 0.6 is 22.7 Å². The Kier molecular flexibility index (Phi) is 14.6. The Hall–Kier alpha value is -2.82. The fourth-order valence-electron chi connectivity index (χ4n) is 7.73. The lowest BCUT2D eigenvalue weighted by atomic mass is 10.0. The monoisotopic (exact) mass is 708 g/mol. The lowest BCUT2D eigenvalue weighted by Crippen LogP contribution is -1.86. The van der Waals surface area contributed by atoms with Crippen LogP contribution in [0.15, 0.2) is 68.1 Å². The molecule has 0 atom stereocenters.